The van der Waals surface area contributed by atoms with E-state index in [-0.39, 0.29) is 41.9 Å². The Hall–Kier alpha value is -4.12. The smallest absolute Gasteiger partial charge is 0.251 e. The minimum Gasteiger partial charge on any atom is -0.378 e. The van der Waals surface area contributed by atoms with E-state index in [0.29, 0.717) is 11.3 Å². The van der Waals surface area contributed by atoms with Crippen LogP contribution in [0.15, 0.2) is 84.0 Å². The Balaban J connectivity index is 1.17. The first kappa shape index (κ1) is 27.1. The second-order valence-electron chi connectivity index (χ2n) is 9.99. The Morgan fingerprint density at radius 1 is 0.854 bits per heavy atom. The van der Waals surface area contributed by atoms with E-state index < -0.39 is 9.84 Å². The molecule has 2 aromatic heterocycles. The van der Waals surface area contributed by atoms with E-state index in [1.54, 1.807) is 18.3 Å². The lowest BCUT2D eigenvalue weighted by Crippen LogP contribution is -2.36. The van der Waals surface area contributed by atoms with Gasteiger partial charge in [-0.3, -0.25) is 14.8 Å². The van der Waals surface area contributed by atoms with Gasteiger partial charge in [-0.1, -0.05) is 24.3 Å². The molecule has 2 aliphatic heterocycles. The van der Waals surface area contributed by atoms with Crippen LogP contribution in [-0.4, -0.2) is 63.0 Å². The molecule has 2 aromatic carbocycles. The van der Waals surface area contributed by atoms with Gasteiger partial charge < -0.3 is 19.7 Å². The minimum absolute atomic E-state index is 0.0989. The number of anilines is 1. The molecule has 6 rings (SSSR count). The topological polar surface area (TPSA) is 111 Å². The lowest BCUT2D eigenvalue weighted by atomic mass is 10.0. The predicted octanol–water partition coefficient (Wildman–Crippen LogP) is 3.88. The molecule has 4 aromatic rings. The molecule has 2 aliphatic rings. The molecular weight excluding hydrogens is 540 g/mol. The van der Waals surface area contributed by atoms with Gasteiger partial charge in [0, 0.05) is 42.3 Å². The van der Waals surface area contributed by atoms with Crippen LogP contribution in [0.1, 0.15) is 21.6 Å². The maximum absolute atomic E-state index is 12.9. The zero-order valence-electron chi connectivity index (χ0n) is 22.5. The van der Waals surface area contributed by atoms with Crippen LogP contribution in [-0.2, 0) is 32.5 Å². The fourth-order valence-electron chi connectivity index (χ4n) is 5.05. The number of nitrogens with one attached hydrogen (secondary N) is 1. The van der Waals surface area contributed by atoms with Gasteiger partial charge in [-0.15, -0.1) is 0 Å². The third-order valence-corrected chi connectivity index (χ3v) is 9.03. The summed E-state index contributed by atoms with van der Waals surface area (Å²) in [5, 5.41) is 2.87. The van der Waals surface area contributed by atoms with E-state index in [1.807, 2.05) is 42.6 Å². The fraction of sp³-hybridized carbons (Fsp3) is 0.258. The number of rotatable bonds is 6. The standard InChI is InChI=1S/C31H30N4O5S/c36-31(25-4-5-26-21-40-14-15-41(37,38)30(26)18-25)34-20-27-17-23(6-8-32-27)22-2-1-3-24(16-22)29-19-28(7-9-33-29)35-10-12-39-13-11-35/h1-9,16-19H,10-15,20-21H2,(H,34,36). The SMILES string of the molecule is O=C(NCc1cc(-c2cccc(-c3cc(N4CCOCC4)ccn3)c2)ccn1)c1ccc2c(c1)S(=O)(=O)CCOC2. The van der Waals surface area contributed by atoms with Gasteiger partial charge in [-0.2, -0.15) is 0 Å². The summed E-state index contributed by atoms with van der Waals surface area (Å²) in [6, 6.07) is 20.9. The average molecular weight is 571 g/mol. The number of carbonyl (C=O) groups excluding carboxylic acids is 1. The van der Waals surface area contributed by atoms with Gasteiger partial charge in [0.25, 0.3) is 5.91 Å². The van der Waals surface area contributed by atoms with Crippen LogP contribution in [0.2, 0.25) is 0 Å². The number of pyridine rings is 2. The van der Waals surface area contributed by atoms with Crippen LogP contribution in [0.25, 0.3) is 22.4 Å². The number of hydrogen-bond donors (Lipinski definition) is 1. The molecule has 1 amide bonds. The number of morpholine rings is 1. The predicted molar refractivity (Wildman–Crippen MR) is 155 cm³/mol. The molecule has 1 saturated heterocycles. The van der Waals surface area contributed by atoms with Gasteiger partial charge in [0.1, 0.15) is 0 Å². The second-order valence-corrected chi connectivity index (χ2v) is 12.1. The molecule has 9 nitrogen and oxygen atoms in total. The van der Waals surface area contributed by atoms with Crippen molar-refractivity contribution >= 4 is 21.4 Å². The van der Waals surface area contributed by atoms with Gasteiger partial charge in [-0.05, 0) is 59.2 Å². The summed E-state index contributed by atoms with van der Waals surface area (Å²) in [6.45, 7) is 3.72. The van der Waals surface area contributed by atoms with Crippen molar-refractivity contribution in [2.45, 2.75) is 18.0 Å². The second kappa shape index (κ2) is 11.8. The Bertz CT molecular complexity index is 1690. The third kappa shape index (κ3) is 6.14. The van der Waals surface area contributed by atoms with E-state index in [0.717, 1.165) is 54.4 Å². The first-order chi connectivity index (χ1) is 20.0. The van der Waals surface area contributed by atoms with Crippen LogP contribution in [0.4, 0.5) is 5.69 Å². The average Bonchev–Trinajstić information content (AvgIpc) is 3.17. The van der Waals surface area contributed by atoms with Crippen LogP contribution in [0.5, 0.6) is 0 Å². The lowest BCUT2D eigenvalue weighted by Gasteiger charge is -2.29. The summed E-state index contributed by atoms with van der Waals surface area (Å²) in [4.78, 5) is 24.4. The van der Waals surface area contributed by atoms with Gasteiger partial charge in [0.15, 0.2) is 9.84 Å². The molecule has 1 N–H and O–H groups in total. The van der Waals surface area contributed by atoms with Gasteiger partial charge in [-0.25, -0.2) is 8.42 Å². The highest BCUT2D eigenvalue weighted by Gasteiger charge is 2.23. The number of benzene rings is 2. The van der Waals surface area contributed by atoms with Gasteiger partial charge in [0.2, 0.25) is 0 Å². The van der Waals surface area contributed by atoms with Gasteiger partial charge >= 0.3 is 0 Å². The normalized spacial score (nSPS) is 16.4. The zero-order valence-corrected chi connectivity index (χ0v) is 23.3. The Morgan fingerprint density at radius 3 is 2.54 bits per heavy atom. The summed E-state index contributed by atoms with van der Waals surface area (Å²) < 4.78 is 36.0. The van der Waals surface area contributed by atoms with Crippen molar-refractivity contribution in [2.75, 3.05) is 43.6 Å². The molecule has 0 atom stereocenters. The number of ether oxygens (including phenoxy) is 2. The maximum Gasteiger partial charge on any atom is 0.251 e. The number of sulfone groups is 1. The number of hydrogen-bond acceptors (Lipinski definition) is 8. The van der Waals surface area contributed by atoms with E-state index >= 15 is 0 Å². The van der Waals surface area contributed by atoms with Crippen LogP contribution >= 0.6 is 0 Å². The van der Waals surface area contributed by atoms with Crippen molar-refractivity contribution < 1.29 is 22.7 Å². The summed E-state index contributed by atoms with van der Waals surface area (Å²) >= 11 is 0. The summed E-state index contributed by atoms with van der Waals surface area (Å²) in [5.41, 5.74) is 6.54. The fourth-order valence-corrected chi connectivity index (χ4v) is 6.44. The molecule has 210 valence electrons. The van der Waals surface area contributed by atoms with E-state index in [9.17, 15) is 13.2 Å². The van der Waals surface area contributed by atoms with Crippen molar-refractivity contribution in [1.29, 1.82) is 0 Å². The third-order valence-electron chi connectivity index (χ3n) is 7.28. The molecule has 41 heavy (non-hydrogen) atoms. The van der Waals surface area contributed by atoms with Crippen LogP contribution in [0.3, 0.4) is 0 Å². The zero-order chi connectivity index (χ0) is 28.2. The summed E-state index contributed by atoms with van der Waals surface area (Å²) in [5.74, 6) is -0.466. The first-order valence-corrected chi connectivity index (χ1v) is 15.2. The number of carbonyl (C=O) groups is 1. The molecule has 0 unspecified atom stereocenters. The molecule has 0 spiro atoms. The largest absolute Gasteiger partial charge is 0.378 e. The lowest BCUT2D eigenvalue weighted by molar-refractivity contribution is 0.0950. The highest BCUT2D eigenvalue weighted by Crippen LogP contribution is 2.28. The molecule has 1 fully saturated rings. The molecule has 0 bridgehead atoms. The van der Waals surface area contributed by atoms with Gasteiger partial charge in [0.05, 0.1) is 55.0 Å². The van der Waals surface area contributed by atoms with Crippen LogP contribution in [0, 0.1) is 0 Å². The summed E-state index contributed by atoms with van der Waals surface area (Å²) in [7, 11) is -3.50. The Labute approximate surface area is 239 Å². The molecular formula is C31H30N4O5S. The van der Waals surface area contributed by atoms with Crippen molar-refractivity contribution in [2.24, 2.45) is 0 Å². The van der Waals surface area contributed by atoms with Crippen LogP contribution < -0.4 is 10.2 Å². The first-order valence-electron chi connectivity index (χ1n) is 13.5. The molecule has 4 heterocycles. The molecule has 0 radical (unpaired) electrons. The highest BCUT2D eigenvalue weighted by atomic mass is 32.2. The number of amides is 1. The van der Waals surface area contributed by atoms with E-state index in [2.05, 4.69) is 32.3 Å². The molecule has 0 aliphatic carbocycles. The van der Waals surface area contributed by atoms with Crippen molar-refractivity contribution in [3.05, 3.63) is 95.9 Å². The summed E-state index contributed by atoms with van der Waals surface area (Å²) in [6.07, 6.45) is 3.56. The number of nitrogens with zero attached hydrogens (tertiary/aromatic N) is 3. The Morgan fingerprint density at radius 2 is 1.66 bits per heavy atom. The van der Waals surface area contributed by atoms with E-state index in [4.69, 9.17) is 9.47 Å². The monoisotopic (exact) mass is 570 g/mol. The van der Waals surface area contributed by atoms with Crippen molar-refractivity contribution in [3.8, 4) is 22.4 Å². The highest BCUT2D eigenvalue weighted by molar-refractivity contribution is 7.91. The molecule has 10 heteroatoms. The maximum atomic E-state index is 12.9. The van der Waals surface area contributed by atoms with E-state index in [1.165, 1.54) is 6.07 Å². The minimum atomic E-state index is -3.50. The van der Waals surface area contributed by atoms with Crippen molar-refractivity contribution in [3.63, 3.8) is 0 Å². The quantitative estimate of drug-likeness (QED) is 0.372. The number of aromatic nitrogens is 2. The Kier molecular flexibility index (Phi) is 7.78. The molecule has 0 saturated carbocycles. The number of fused-ring (bicyclic) bond motifs is 1. The van der Waals surface area contributed by atoms with Crippen molar-refractivity contribution in [1.82, 2.24) is 15.3 Å².